The summed E-state index contributed by atoms with van der Waals surface area (Å²) in [6.45, 7) is 10.6. The summed E-state index contributed by atoms with van der Waals surface area (Å²) in [6.07, 6.45) is 2.84. The summed E-state index contributed by atoms with van der Waals surface area (Å²) < 4.78 is 1.78. The summed E-state index contributed by atoms with van der Waals surface area (Å²) in [5, 5.41) is 4.43. The average Bonchev–Trinajstić information content (AvgIpc) is 2.79. The van der Waals surface area contributed by atoms with E-state index in [1.54, 1.807) is 4.68 Å². The third-order valence-corrected chi connectivity index (χ3v) is 3.93. The molecular weight excluding hydrogens is 252 g/mol. The summed E-state index contributed by atoms with van der Waals surface area (Å²) in [6, 6.07) is 0. The quantitative estimate of drug-likeness (QED) is 0.845. The van der Waals surface area contributed by atoms with E-state index in [0.717, 1.165) is 37.6 Å². The highest BCUT2D eigenvalue weighted by atomic mass is 16.2. The normalized spacial score (nSPS) is 23.1. The lowest BCUT2D eigenvalue weighted by molar-refractivity contribution is -0.134. The predicted octanol–water partition coefficient (Wildman–Crippen LogP) is 1.91. The molecule has 0 bridgehead atoms. The molecule has 1 aliphatic rings. The standard InChI is InChI=1S/C15H26N4O/c1-5-13-16-14(6-2)19(17-13)10-15(20)18-8-11(3)7-12(4)9-18/h11-12H,5-10H2,1-4H3/t11-,12+. The van der Waals surface area contributed by atoms with Crippen molar-refractivity contribution in [2.24, 2.45) is 11.8 Å². The molecule has 0 saturated carbocycles. The van der Waals surface area contributed by atoms with Crippen LogP contribution in [-0.2, 0) is 24.2 Å². The van der Waals surface area contributed by atoms with Crippen LogP contribution in [0.5, 0.6) is 0 Å². The topological polar surface area (TPSA) is 51.0 Å². The van der Waals surface area contributed by atoms with Gasteiger partial charge in [0.05, 0.1) is 0 Å². The van der Waals surface area contributed by atoms with E-state index in [1.165, 1.54) is 6.42 Å². The van der Waals surface area contributed by atoms with E-state index in [2.05, 4.69) is 30.9 Å². The molecule has 5 heteroatoms. The Morgan fingerprint density at radius 1 is 1.20 bits per heavy atom. The average molecular weight is 278 g/mol. The third-order valence-electron chi connectivity index (χ3n) is 3.93. The zero-order valence-corrected chi connectivity index (χ0v) is 13.1. The van der Waals surface area contributed by atoms with Crippen LogP contribution in [0.1, 0.15) is 45.8 Å². The predicted molar refractivity (Wildman–Crippen MR) is 78.3 cm³/mol. The van der Waals surface area contributed by atoms with Crippen LogP contribution in [0.4, 0.5) is 0 Å². The number of likely N-dealkylation sites (tertiary alicyclic amines) is 1. The van der Waals surface area contributed by atoms with Crippen molar-refractivity contribution in [2.75, 3.05) is 13.1 Å². The minimum atomic E-state index is 0.172. The first-order chi connectivity index (χ1) is 9.53. The van der Waals surface area contributed by atoms with E-state index < -0.39 is 0 Å². The van der Waals surface area contributed by atoms with Crippen LogP contribution in [0, 0.1) is 11.8 Å². The van der Waals surface area contributed by atoms with Crippen molar-refractivity contribution >= 4 is 5.91 Å². The highest BCUT2D eigenvalue weighted by Crippen LogP contribution is 2.21. The van der Waals surface area contributed by atoms with Gasteiger partial charge in [-0.2, -0.15) is 5.10 Å². The summed E-state index contributed by atoms with van der Waals surface area (Å²) in [7, 11) is 0. The number of nitrogens with zero attached hydrogens (tertiary/aromatic N) is 4. The molecule has 20 heavy (non-hydrogen) atoms. The first kappa shape index (κ1) is 15.0. The van der Waals surface area contributed by atoms with Crippen molar-refractivity contribution in [3.05, 3.63) is 11.6 Å². The van der Waals surface area contributed by atoms with Crippen LogP contribution in [0.25, 0.3) is 0 Å². The van der Waals surface area contributed by atoms with Crippen molar-refractivity contribution in [1.29, 1.82) is 0 Å². The maximum atomic E-state index is 12.5. The van der Waals surface area contributed by atoms with Crippen LogP contribution >= 0.6 is 0 Å². The molecule has 1 amide bonds. The van der Waals surface area contributed by atoms with Gasteiger partial charge in [0.15, 0.2) is 5.82 Å². The van der Waals surface area contributed by atoms with Crippen LogP contribution < -0.4 is 0 Å². The summed E-state index contributed by atoms with van der Waals surface area (Å²) in [5.41, 5.74) is 0. The van der Waals surface area contributed by atoms with E-state index in [9.17, 15) is 4.79 Å². The van der Waals surface area contributed by atoms with Crippen molar-refractivity contribution in [3.63, 3.8) is 0 Å². The molecule has 0 aliphatic carbocycles. The van der Waals surface area contributed by atoms with Gasteiger partial charge in [0.1, 0.15) is 12.4 Å². The largest absolute Gasteiger partial charge is 0.341 e. The smallest absolute Gasteiger partial charge is 0.244 e. The molecule has 2 rings (SSSR count). The van der Waals surface area contributed by atoms with Crippen LogP contribution in [0.3, 0.4) is 0 Å². The number of hydrogen-bond acceptors (Lipinski definition) is 3. The van der Waals surface area contributed by atoms with E-state index in [-0.39, 0.29) is 5.91 Å². The van der Waals surface area contributed by atoms with Gasteiger partial charge in [-0.25, -0.2) is 9.67 Å². The Bertz CT molecular complexity index is 458. The Hall–Kier alpha value is -1.39. The van der Waals surface area contributed by atoms with Gasteiger partial charge in [0.2, 0.25) is 5.91 Å². The zero-order chi connectivity index (χ0) is 14.7. The summed E-state index contributed by atoms with van der Waals surface area (Å²) >= 11 is 0. The molecule has 1 aromatic heterocycles. The molecule has 1 aliphatic heterocycles. The highest BCUT2D eigenvalue weighted by molar-refractivity contribution is 5.76. The fourth-order valence-electron chi connectivity index (χ4n) is 3.06. The van der Waals surface area contributed by atoms with E-state index in [1.807, 2.05) is 11.8 Å². The van der Waals surface area contributed by atoms with Crippen molar-refractivity contribution in [3.8, 4) is 0 Å². The monoisotopic (exact) mass is 278 g/mol. The van der Waals surface area contributed by atoms with E-state index in [4.69, 9.17) is 0 Å². The molecule has 0 spiro atoms. The maximum Gasteiger partial charge on any atom is 0.244 e. The molecular formula is C15H26N4O. The Labute approximate surface area is 121 Å². The molecule has 0 unspecified atom stereocenters. The minimum Gasteiger partial charge on any atom is -0.341 e. The zero-order valence-electron chi connectivity index (χ0n) is 13.1. The second-order valence-corrected chi connectivity index (χ2v) is 6.05. The number of hydrogen-bond donors (Lipinski definition) is 0. The molecule has 1 fully saturated rings. The first-order valence-corrected chi connectivity index (χ1v) is 7.73. The SMILES string of the molecule is CCc1nc(CC)n(CC(=O)N2C[C@H](C)C[C@H](C)C2)n1. The number of carbonyl (C=O) groups is 1. The second-order valence-electron chi connectivity index (χ2n) is 6.05. The second kappa shape index (κ2) is 6.37. The van der Waals surface area contributed by atoms with Gasteiger partial charge in [-0.15, -0.1) is 0 Å². The minimum absolute atomic E-state index is 0.172. The lowest BCUT2D eigenvalue weighted by Crippen LogP contribution is -2.44. The van der Waals surface area contributed by atoms with E-state index >= 15 is 0 Å². The number of amides is 1. The number of carbonyl (C=O) groups excluding carboxylic acids is 1. The Morgan fingerprint density at radius 2 is 1.85 bits per heavy atom. The maximum absolute atomic E-state index is 12.5. The first-order valence-electron chi connectivity index (χ1n) is 7.73. The van der Waals surface area contributed by atoms with Gasteiger partial charge in [0.25, 0.3) is 0 Å². The molecule has 5 nitrogen and oxygen atoms in total. The van der Waals surface area contributed by atoms with Gasteiger partial charge in [-0.3, -0.25) is 4.79 Å². The molecule has 2 heterocycles. The van der Waals surface area contributed by atoms with Gasteiger partial charge in [0, 0.05) is 25.9 Å². The van der Waals surface area contributed by atoms with Gasteiger partial charge in [-0.1, -0.05) is 27.7 Å². The molecule has 2 atom stereocenters. The number of piperidine rings is 1. The van der Waals surface area contributed by atoms with Gasteiger partial charge in [-0.05, 0) is 18.3 Å². The number of rotatable bonds is 4. The molecule has 112 valence electrons. The highest BCUT2D eigenvalue weighted by Gasteiger charge is 2.26. The molecule has 1 aromatic rings. The van der Waals surface area contributed by atoms with Crippen LogP contribution in [0.2, 0.25) is 0 Å². The van der Waals surface area contributed by atoms with Crippen molar-refractivity contribution < 1.29 is 4.79 Å². The summed E-state index contributed by atoms with van der Waals surface area (Å²) in [5.74, 6) is 3.10. The fraction of sp³-hybridized carbons (Fsp3) is 0.800. The Balaban J connectivity index is 2.05. The number of aromatic nitrogens is 3. The van der Waals surface area contributed by atoms with Crippen molar-refractivity contribution in [1.82, 2.24) is 19.7 Å². The lowest BCUT2D eigenvalue weighted by Gasteiger charge is -2.35. The third kappa shape index (κ3) is 3.38. The van der Waals surface area contributed by atoms with Crippen LogP contribution in [-0.4, -0.2) is 38.7 Å². The Kier molecular flexibility index (Phi) is 4.78. The molecule has 0 N–H and O–H groups in total. The molecule has 0 aromatic carbocycles. The van der Waals surface area contributed by atoms with Gasteiger partial charge < -0.3 is 4.90 Å². The number of aryl methyl sites for hydroxylation is 2. The molecule has 1 saturated heterocycles. The van der Waals surface area contributed by atoms with Crippen molar-refractivity contribution in [2.45, 2.75) is 53.5 Å². The Morgan fingerprint density at radius 3 is 2.40 bits per heavy atom. The fourth-order valence-corrected chi connectivity index (χ4v) is 3.06. The van der Waals surface area contributed by atoms with Gasteiger partial charge >= 0.3 is 0 Å². The summed E-state index contributed by atoms with van der Waals surface area (Å²) in [4.78, 5) is 18.9. The van der Waals surface area contributed by atoms with E-state index in [0.29, 0.717) is 18.4 Å². The molecule has 0 radical (unpaired) electrons. The van der Waals surface area contributed by atoms with Crippen LogP contribution in [0.15, 0.2) is 0 Å². The lowest BCUT2D eigenvalue weighted by atomic mass is 9.92.